The summed E-state index contributed by atoms with van der Waals surface area (Å²) in [5, 5.41) is 2.38. The van der Waals surface area contributed by atoms with Crippen LogP contribution < -0.4 is 15.8 Å². The molecule has 1 saturated heterocycles. The molecule has 13 heteroatoms. The van der Waals surface area contributed by atoms with E-state index >= 15 is 0 Å². The van der Waals surface area contributed by atoms with Gasteiger partial charge in [-0.3, -0.25) is 9.78 Å². The number of alkyl carbamates (subject to hydrolysis) is 1. The molecule has 2 aromatic heterocycles. The number of alkyl halides is 3. The molecule has 1 aliphatic heterocycles. The molecule has 1 unspecified atom stereocenters. The van der Waals surface area contributed by atoms with Crippen molar-refractivity contribution >= 4 is 17.7 Å². The number of ether oxygens (including phenoxy) is 2. The first-order valence-electron chi connectivity index (χ1n) is 10.9. The standard InChI is InChI=1S/C23H23F3N6O4/c1-35-22(34)30-12-20(33)32-8-2-3-18(32)21-29-11-17(31-21)13-4-7-16(28-10-13)15-6-5-14(27)9-19(15)36-23(24,25)26/h4-7,9-11,18H,2-3,8,12,27H2,1H3,(H,29,31)(H,30,34). The van der Waals surface area contributed by atoms with Crippen molar-refractivity contribution in [3.8, 4) is 28.3 Å². The highest BCUT2D eigenvalue weighted by Gasteiger charge is 2.33. The number of hydrogen-bond acceptors (Lipinski definition) is 7. The Morgan fingerprint density at radius 2 is 2.03 bits per heavy atom. The highest BCUT2D eigenvalue weighted by molar-refractivity contribution is 5.82. The predicted molar refractivity (Wildman–Crippen MR) is 122 cm³/mol. The highest BCUT2D eigenvalue weighted by atomic mass is 19.4. The van der Waals surface area contributed by atoms with Crippen molar-refractivity contribution in [2.24, 2.45) is 0 Å². The molecule has 0 radical (unpaired) electrons. The third kappa shape index (κ3) is 5.67. The molecule has 1 aliphatic rings. The fourth-order valence-corrected chi connectivity index (χ4v) is 4.00. The molecule has 4 rings (SSSR count). The Morgan fingerprint density at radius 1 is 1.22 bits per heavy atom. The number of nitrogens with zero attached hydrogens (tertiary/aromatic N) is 3. The summed E-state index contributed by atoms with van der Waals surface area (Å²) in [5.74, 6) is -0.121. The zero-order chi connectivity index (χ0) is 25.9. The van der Waals surface area contributed by atoms with Crippen molar-refractivity contribution in [3.05, 3.63) is 48.5 Å². The summed E-state index contributed by atoms with van der Waals surface area (Å²) < 4.78 is 47.0. The third-order valence-corrected chi connectivity index (χ3v) is 5.64. The van der Waals surface area contributed by atoms with Gasteiger partial charge in [-0.1, -0.05) is 0 Å². The van der Waals surface area contributed by atoms with E-state index in [9.17, 15) is 22.8 Å². The van der Waals surface area contributed by atoms with Crippen molar-refractivity contribution in [1.29, 1.82) is 0 Å². The maximum Gasteiger partial charge on any atom is 0.573 e. The second-order valence-electron chi connectivity index (χ2n) is 8.01. The summed E-state index contributed by atoms with van der Waals surface area (Å²) >= 11 is 0. The Labute approximate surface area is 203 Å². The van der Waals surface area contributed by atoms with Gasteiger partial charge in [0.05, 0.1) is 30.7 Å². The van der Waals surface area contributed by atoms with Crippen LogP contribution in [0, 0.1) is 0 Å². The van der Waals surface area contributed by atoms with Gasteiger partial charge in [0.1, 0.15) is 18.1 Å². The molecule has 1 aromatic carbocycles. The molecule has 1 atom stereocenters. The average molecular weight is 504 g/mol. The quantitative estimate of drug-likeness (QED) is 0.436. The second kappa shape index (κ2) is 10.1. The van der Waals surface area contributed by atoms with Crippen LogP contribution in [0.1, 0.15) is 24.7 Å². The number of likely N-dealkylation sites (tertiary alicyclic amines) is 1. The molecule has 0 saturated carbocycles. The van der Waals surface area contributed by atoms with Crippen LogP contribution in [-0.4, -0.2) is 58.4 Å². The molecule has 4 N–H and O–H groups in total. The number of halogens is 3. The molecule has 0 aliphatic carbocycles. The number of hydrogen-bond donors (Lipinski definition) is 3. The van der Waals surface area contributed by atoms with Gasteiger partial charge in [-0.25, -0.2) is 9.78 Å². The number of carbonyl (C=O) groups is 2. The van der Waals surface area contributed by atoms with Crippen molar-refractivity contribution < 1.29 is 32.2 Å². The van der Waals surface area contributed by atoms with Gasteiger partial charge in [-0.15, -0.1) is 13.2 Å². The number of benzene rings is 1. The first-order chi connectivity index (χ1) is 17.1. The van der Waals surface area contributed by atoms with E-state index in [1.807, 2.05) is 0 Å². The van der Waals surface area contributed by atoms with Crippen LogP contribution >= 0.6 is 0 Å². The predicted octanol–water partition coefficient (Wildman–Crippen LogP) is 3.64. The Kier molecular flexibility index (Phi) is 6.99. The van der Waals surface area contributed by atoms with Gasteiger partial charge in [0.25, 0.3) is 0 Å². The van der Waals surface area contributed by atoms with Crippen molar-refractivity contribution in [2.75, 3.05) is 25.9 Å². The van der Waals surface area contributed by atoms with E-state index < -0.39 is 18.2 Å². The molecular formula is C23H23F3N6O4. The van der Waals surface area contributed by atoms with Crippen LogP contribution in [0.25, 0.3) is 22.5 Å². The zero-order valence-corrected chi connectivity index (χ0v) is 19.1. The van der Waals surface area contributed by atoms with Gasteiger partial charge in [0.2, 0.25) is 5.91 Å². The van der Waals surface area contributed by atoms with E-state index in [-0.39, 0.29) is 35.4 Å². The van der Waals surface area contributed by atoms with Gasteiger partial charge in [-0.2, -0.15) is 0 Å². The Balaban J connectivity index is 1.51. The molecule has 3 aromatic rings. The second-order valence-corrected chi connectivity index (χ2v) is 8.01. The number of nitrogens with one attached hydrogen (secondary N) is 2. The summed E-state index contributed by atoms with van der Waals surface area (Å²) in [6.07, 6.45) is -0.983. The van der Waals surface area contributed by atoms with Gasteiger partial charge in [0.15, 0.2) is 0 Å². The molecule has 190 valence electrons. The number of H-pyrrole nitrogens is 1. The number of imidazole rings is 1. The molecule has 2 amide bonds. The first kappa shape index (κ1) is 24.8. The number of carbonyl (C=O) groups excluding carboxylic acids is 2. The van der Waals surface area contributed by atoms with E-state index in [1.165, 1.54) is 25.4 Å². The molecule has 0 spiro atoms. The fraction of sp³-hybridized carbons (Fsp3) is 0.304. The summed E-state index contributed by atoms with van der Waals surface area (Å²) in [6, 6.07) is 6.93. The number of rotatable bonds is 6. The van der Waals surface area contributed by atoms with Crippen LogP contribution in [0.4, 0.5) is 23.7 Å². The van der Waals surface area contributed by atoms with Gasteiger partial charge in [-0.05, 0) is 37.1 Å². The van der Waals surface area contributed by atoms with E-state index in [2.05, 4.69) is 29.7 Å². The zero-order valence-electron chi connectivity index (χ0n) is 19.1. The van der Waals surface area contributed by atoms with Crippen LogP contribution in [0.2, 0.25) is 0 Å². The smallest absolute Gasteiger partial charge is 0.453 e. The normalized spacial score (nSPS) is 15.6. The maximum atomic E-state index is 12.8. The molecule has 1 fully saturated rings. The molecule has 36 heavy (non-hydrogen) atoms. The number of anilines is 1. The van der Waals surface area contributed by atoms with E-state index in [1.54, 1.807) is 23.2 Å². The number of pyridine rings is 1. The van der Waals surface area contributed by atoms with E-state index in [4.69, 9.17) is 5.73 Å². The lowest BCUT2D eigenvalue weighted by Crippen LogP contribution is -2.40. The fourth-order valence-electron chi connectivity index (χ4n) is 4.00. The Bertz CT molecular complexity index is 1250. The van der Waals surface area contributed by atoms with Crippen LogP contribution in [-0.2, 0) is 9.53 Å². The topological polar surface area (TPSA) is 135 Å². The minimum Gasteiger partial charge on any atom is -0.453 e. The summed E-state index contributed by atoms with van der Waals surface area (Å²) in [6.45, 7) is 0.343. The number of nitrogen functional groups attached to an aromatic ring is 1. The number of aromatic nitrogens is 3. The lowest BCUT2D eigenvalue weighted by Gasteiger charge is -2.23. The SMILES string of the molecule is COC(=O)NCC(=O)N1CCCC1c1ncc(-c2ccc(-c3ccc(N)cc3OC(F)(F)F)nc2)[nH]1. The largest absolute Gasteiger partial charge is 0.573 e. The van der Waals surface area contributed by atoms with Gasteiger partial charge in [0, 0.05) is 35.6 Å². The molecule has 10 nitrogen and oxygen atoms in total. The minimum atomic E-state index is -4.88. The van der Waals surface area contributed by atoms with Gasteiger partial charge >= 0.3 is 12.5 Å². The number of methoxy groups -OCH3 is 1. The summed E-state index contributed by atoms with van der Waals surface area (Å²) in [4.78, 5) is 37.4. The van der Waals surface area contributed by atoms with Crippen molar-refractivity contribution in [3.63, 3.8) is 0 Å². The Hall–Kier alpha value is -4.29. The van der Waals surface area contributed by atoms with Crippen LogP contribution in [0.15, 0.2) is 42.7 Å². The van der Waals surface area contributed by atoms with E-state index in [0.29, 0.717) is 30.0 Å². The lowest BCUT2D eigenvalue weighted by atomic mass is 10.1. The Morgan fingerprint density at radius 3 is 2.72 bits per heavy atom. The molecular weight excluding hydrogens is 481 g/mol. The minimum absolute atomic E-state index is 0.125. The molecule has 0 bridgehead atoms. The van der Waals surface area contributed by atoms with Crippen LogP contribution in [0.3, 0.4) is 0 Å². The maximum absolute atomic E-state index is 12.8. The summed E-state index contributed by atoms with van der Waals surface area (Å²) in [7, 11) is 1.22. The summed E-state index contributed by atoms with van der Waals surface area (Å²) in [5.41, 5.74) is 7.42. The third-order valence-electron chi connectivity index (χ3n) is 5.64. The number of amides is 2. The average Bonchev–Trinajstić information content (AvgIpc) is 3.51. The lowest BCUT2D eigenvalue weighted by molar-refractivity contribution is -0.274. The number of aromatic amines is 1. The van der Waals surface area contributed by atoms with Gasteiger partial charge < -0.3 is 30.4 Å². The van der Waals surface area contributed by atoms with Crippen molar-refractivity contribution in [1.82, 2.24) is 25.2 Å². The number of nitrogens with two attached hydrogens (primary N) is 1. The monoisotopic (exact) mass is 504 g/mol. The first-order valence-corrected chi connectivity index (χ1v) is 10.9. The van der Waals surface area contributed by atoms with Crippen molar-refractivity contribution in [2.45, 2.75) is 25.2 Å². The van der Waals surface area contributed by atoms with Crippen LogP contribution in [0.5, 0.6) is 5.75 Å². The van der Waals surface area contributed by atoms with E-state index in [0.717, 1.165) is 12.5 Å². The molecule has 3 heterocycles. The highest BCUT2D eigenvalue weighted by Crippen LogP contribution is 2.35.